The highest BCUT2D eigenvalue weighted by Crippen LogP contribution is 2.19. The number of amides is 2. The Bertz CT molecular complexity index is 674. The maximum atomic E-state index is 12.3. The van der Waals surface area contributed by atoms with Gasteiger partial charge in [-0.2, -0.15) is 0 Å². The van der Waals surface area contributed by atoms with Crippen LogP contribution in [0.1, 0.15) is 24.9 Å². The van der Waals surface area contributed by atoms with E-state index in [1.54, 1.807) is 31.2 Å². The fourth-order valence-electron chi connectivity index (χ4n) is 2.18. The molecular formula is C18H19ClN2O3. The Kier molecular flexibility index (Phi) is 6.63. The third-order valence-electron chi connectivity index (χ3n) is 3.29. The first kappa shape index (κ1) is 17.8. The molecule has 2 aromatic carbocycles. The molecule has 2 N–H and O–H groups in total. The standard InChI is InChI=1S/C18H19ClN2O3/c1-2-24-18(23)21-16(13-6-4-3-5-7-13)12-17(22)20-15-10-8-14(19)9-11-15/h3-11,16H,2,12H2,1H3,(H,20,22)(H,21,23)/t16-/m0/s1. The van der Waals surface area contributed by atoms with Crippen LogP contribution in [-0.2, 0) is 9.53 Å². The predicted molar refractivity (Wildman–Crippen MR) is 94.0 cm³/mol. The van der Waals surface area contributed by atoms with Gasteiger partial charge in [0.15, 0.2) is 0 Å². The number of benzene rings is 2. The first-order valence-electron chi connectivity index (χ1n) is 7.62. The van der Waals surface area contributed by atoms with Crippen LogP contribution in [0.25, 0.3) is 0 Å². The lowest BCUT2D eigenvalue weighted by molar-refractivity contribution is -0.116. The van der Waals surface area contributed by atoms with Crippen LogP contribution in [0.5, 0.6) is 0 Å². The highest BCUT2D eigenvalue weighted by Gasteiger charge is 2.19. The maximum Gasteiger partial charge on any atom is 0.407 e. The third kappa shape index (κ3) is 5.59. The summed E-state index contributed by atoms with van der Waals surface area (Å²) in [6.07, 6.45) is -0.462. The normalized spacial score (nSPS) is 11.4. The second-order valence-corrected chi connectivity index (χ2v) is 5.52. The van der Waals surface area contributed by atoms with Crippen LogP contribution in [0, 0.1) is 0 Å². The highest BCUT2D eigenvalue weighted by atomic mass is 35.5. The molecule has 2 aromatic rings. The minimum absolute atomic E-state index is 0.0887. The van der Waals surface area contributed by atoms with Crippen LogP contribution in [0.2, 0.25) is 5.02 Å². The number of hydrogen-bond donors (Lipinski definition) is 2. The van der Waals surface area contributed by atoms with E-state index in [-0.39, 0.29) is 18.9 Å². The summed E-state index contributed by atoms with van der Waals surface area (Å²) in [5.74, 6) is -0.219. The minimum Gasteiger partial charge on any atom is -0.450 e. The molecule has 6 heteroatoms. The maximum absolute atomic E-state index is 12.3. The van der Waals surface area contributed by atoms with Crippen LogP contribution in [0.4, 0.5) is 10.5 Å². The van der Waals surface area contributed by atoms with Gasteiger partial charge in [0.25, 0.3) is 0 Å². The molecule has 0 heterocycles. The van der Waals surface area contributed by atoms with Gasteiger partial charge in [0.05, 0.1) is 19.1 Å². The molecule has 0 unspecified atom stereocenters. The summed E-state index contributed by atoms with van der Waals surface area (Å²) >= 11 is 5.83. The van der Waals surface area contributed by atoms with Gasteiger partial charge in [-0.05, 0) is 36.8 Å². The summed E-state index contributed by atoms with van der Waals surface area (Å²) in [7, 11) is 0. The van der Waals surface area contributed by atoms with Gasteiger partial charge in [0.2, 0.25) is 5.91 Å². The fourth-order valence-corrected chi connectivity index (χ4v) is 2.31. The van der Waals surface area contributed by atoms with Crippen LogP contribution in [0.3, 0.4) is 0 Å². The van der Waals surface area contributed by atoms with E-state index in [0.717, 1.165) is 5.56 Å². The van der Waals surface area contributed by atoms with Crippen molar-refractivity contribution in [3.05, 3.63) is 65.2 Å². The Hall–Kier alpha value is -2.53. The predicted octanol–water partition coefficient (Wildman–Crippen LogP) is 4.16. The Labute approximate surface area is 146 Å². The average Bonchev–Trinajstić information content (AvgIpc) is 2.57. The highest BCUT2D eigenvalue weighted by molar-refractivity contribution is 6.30. The smallest absolute Gasteiger partial charge is 0.407 e. The zero-order chi connectivity index (χ0) is 17.4. The van der Waals surface area contributed by atoms with Gasteiger partial charge < -0.3 is 15.4 Å². The van der Waals surface area contributed by atoms with E-state index in [1.807, 2.05) is 30.3 Å². The van der Waals surface area contributed by atoms with Gasteiger partial charge in [-0.1, -0.05) is 41.9 Å². The zero-order valence-electron chi connectivity index (χ0n) is 13.3. The Morgan fingerprint density at radius 1 is 1.08 bits per heavy atom. The van der Waals surface area contributed by atoms with Gasteiger partial charge in [-0.25, -0.2) is 4.79 Å². The van der Waals surface area contributed by atoms with Gasteiger partial charge in [0, 0.05) is 10.7 Å². The molecule has 2 rings (SSSR count). The average molecular weight is 347 g/mol. The lowest BCUT2D eigenvalue weighted by atomic mass is 10.0. The molecule has 0 radical (unpaired) electrons. The third-order valence-corrected chi connectivity index (χ3v) is 3.54. The van der Waals surface area contributed by atoms with Crippen molar-refractivity contribution < 1.29 is 14.3 Å². The van der Waals surface area contributed by atoms with E-state index in [1.165, 1.54) is 0 Å². The lowest BCUT2D eigenvalue weighted by Crippen LogP contribution is -2.32. The number of anilines is 1. The van der Waals surface area contributed by atoms with Gasteiger partial charge >= 0.3 is 6.09 Å². The minimum atomic E-state index is -0.550. The molecule has 5 nitrogen and oxygen atoms in total. The molecule has 2 amide bonds. The molecule has 0 aromatic heterocycles. The van der Waals surface area contributed by atoms with E-state index in [9.17, 15) is 9.59 Å². The van der Waals surface area contributed by atoms with Crippen molar-refractivity contribution in [3.63, 3.8) is 0 Å². The van der Waals surface area contributed by atoms with Crippen LogP contribution < -0.4 is 10.6 Å². The van der Waals surface area contributed by atoms with Crippen molar-refractivity contribution in [1.82, 2.24) is 5.32 Å². The lowest BCUT2D eigenvalue weighted by Gasteiger charge is -2.18. The molecule has 0 bridgehead atoms. The second kappa shape index (κ2) is 8.93. The van der Waals surface area contributed by atoms with Crippen molar-refractivity contribution in [2.24, 2.45) is 0 Å². The molecule has 0 aliphatic rings. The van der Waals surface area contributed by atoms with Crippen LogP contribution >= 0.6 is 11.6 Å². The molecular weight excluding hydrogens is 328 g/mol. The van der Waals surface area contributed by atoms with Crippen LogP contribution in [0.15, 0.2) is 54.6 Å². The Morgan fingerprint density at radius 2 is 1.75 bits per heavy atom. The molecule has 0 fully saturated rings. The fraction of sp³-hybridized carbons (Fsp3) is 0.222. The van der Waals surface area contributed by atoms with E-state index >= 15 is 0 Å². The van der Waals surface area contributed by atoms with E-state index in [2.05, 4.69) is 10.6 Å². The monoisotopic (exact) mass is 346 g/mol. The van der Waals surface area contributed by atoms with Crippen molar-refractivity contribution in [2.45, 2.75) is 19.4 Å². The van der Waals surface area contributed by atoms with Gasteiger partial charge in [-0.15, -0.1) is 0 Å². The number of rotatable bonds is 6. The number of nitrogens with one attached hydrogen (secondary N) is 2. The number of hydrogen-bond acceptors (Lipinski definition) is 3. The summed E-state index contributed by atoms with van der Waals surface area (Å²) in [6, 6.07) is 15.6. The molecule has 1 atom stereocenters. The number of alkyl carbamates (subject to hydrolysis) is 1. The zero-order valence-corrected chi connectivity index (χ0v) is 14.0. The number of ether oxygens (including phenoxy) is 1. The molecule has 126 valence electrons. The number of halogens is 1. The van der Waals surface area contributed by atoms with E-state index in [0.29, 0.717) is 10.7 Å². The van der Waals surface area contributed by atoms with Crippen molar-refractivity contribution >= 4 is 29.3 Å². The molecule has 0 saturated heterocycles. The number of carbonyl (C=O) groups excluding carboxylic acids is 2. The first-order chi connectivity index (χ1) is 11.6. The summed E-state index contributed by atoms with van der Waals surface area (Å²) in [5.41, 5.74) is 1.48. The summed E-state index contributed by atoms with van der Waals surface area (Å²) < 4.78 is 4.91. The Balaban J connectivity index is 2.05. The molecule has 0 saturated carbocycles. The summed E-state index contributed by atoms with van der Waals surface area (Å²) in [6.45, 7) is 1.99. The second-order valence-electron chi connectivity index (χ2n) is 5.09. The molecule has 0 aliphatic heterocycles. The van der Waals surface area contributed by atoms with Crippen molar-refractivity contribution in [2.75, 3.05) is 11.9 Å². The van der Waals surface area contributed by atoms with Gasteiger partial charge in [-0.3, -0.25) is 4.79 Å². The Morgan fingerprint density at radius 3 is 2.38 bits per heavy atom. The summed E-state index contributed by atoms with van der Waals surface area (Å²) in [4.78, 5) is 24.0. The summed E-state index contributed by atoms with van der Waals surface area (Å²) in [5, 5.41) is 6.10. The topological polar surface area (TPSA) is 67.4 Å². The quantitative estimate of drug-likeness (QED) is 0.825. The first-order valence-corrected chi connectivity index (χ1v) is 8.00. The van der Waals surface area contributed by atoms with E-state index < -0.39 is 12.1 Å². The van der Waals surface area contributed by atoms with Crippen molar-refractivity contribution in [3.8, 4) is 0 Å². The van der Waals surface area contributed by atoms with Crippen molar-refractivity contribution in [1.29, 1.82) is 0 Å². The molecule has 0 aliphatic carbocycles. The molecule has 24 heavy (non-hydrogen) atoms. The molecule has 0 spiro atoms. The number of carbonyl (C=O) groups is 2. The van der Waals surface area contributed by atoms with E-state index in [4.69, 9.17) is 16.3 Å². The SMILES string of the molecule is CCOC(=O)N[C@@H](CC(=O)Nc1ccc(Cl)cc1)c1ccccc1. The van der Waals surface area contributed by atoms with Crippen LogP contribution in [-0.4, -0.2) is 18.6 Å². The van der Waals surface area contributed by atoms with Gasteiger partial charge in [0.1, 0.15) is 0 Å². The largest absolute Gasteiger partial charge is 0.450 e.